The Kier molecular flexibility index (Phi) is 4.34. The average Bonchev–Trinajstić information content (AvgIpc) is 2.60. The summed E-state index contributed by atoms with van der Waals surface area (Å²) in [6.45, 7) is 2.48. The summed E-state index contributed by atoms with van der Waals surface area (Å²) in [5.74, 6) is -1.26. The number of benzene rings is 1. The zero-order chi connectivity index (χ0) is 14.9. The SMILES string of the molecule is Cc1ccc(CN2CC(CS(=O)(=O)F)CC2=O)c(Cl)c1. The number of hydrogen-bond acceptors (Lipinski definition) is 3. The Morgan fingerprint density at radius 2 is 2.15 bits per heavy atom. The van der Waals surface area contributed by atoms with E-state index < -0.39 is 21.9 Å². The van der Waals surface area contributed by atoms with Crippen LogP contribution in [0.1, 0.15) is 17.5 Å². The third kappa shape index (κ3) is 3.93. The number of rotatable bonds is 4. The van der Waals surface area contributed by atoms with Gasteiger partial charge in [-0.25, -0.2) is 0 Å². The number of halogens is 2. The van der Waals surface area contributed by atoms with Crippen molar-refractivity contribution in [1.29, 1.82) is 0 Å². The van der Waals surface area contributed by atoms with Crippen LogP contribution in [0.5, 0.6) is 0 Å². The molecule has 110 valence electrons. The van der Waals surface area contributed by atoms with Gasteiger partial charge in [-0.2, -0.15) is 8.42 Å². The van der Waals surface area contributed by atoms with Gasteiger partial charge >= 0.3 is 10.2 Å². The number of carbonyl (C=O) groups excluding carboxylic acids is 1. The van der Waals surface area contributed by atoms with E-state index in [0.717, 1.165) is 11.1 Å². The van der Waals surface area contributed by atoms with E-state index in [1.165, 1.54) is 4.90 Å². The van der Waals surface area contributed by atoms with Crippen LogP contribution in [0.25, 0.3) is 0 Å². The van der Waals surface area contributed by atoms with E-state index in [9.17, 15) is 17.1 Å². The van der Waals surface area contributed by atoms with Crippen molar-refractivity contribution >= 4 is 27.7 Å². The second kappa shape index (κ2) is 5.69. The molecule has 1 amide bonds. The average molecular weight is 320 g/mol. The minimum Gasteiger partial charge on any atom is -0.338 e. The van der Waals surface area contributed by atoms with Crippen LogP contribution in [0.3, 0.4) is 0 Å². The van der Waals surface area contributed by atoms with Crippen LogP contribution in [-0.4, -0.2) is 31.5 Å². The van der Waals surface area contributed by atoms with E-state index in [2.05, 4.69) is 0 Å². The minimum atomic E-state index is -4.55. The van der Waals surface area contributed by atoms with Gasteiger partial charge in [-0.05, 0) is 24.1 Å². The molecule has 1 saturated heterocycles. The quantitative estimate of drug-likeness (QED) is 0.800. The Balaban J connectivity index is 2.05. The molecule has 0 spiro atoms. The van der Waals surface area contributed by atoms with Crippen molar-refractivity contribution in [3.63, 3.8) is 0 Å². The molecule has 0 bridgehead atoms. The first-order chi connectivity index (χ1) is 9.24. The lowest BCUT2D eigenvalue weighted by atomic mass is 10.1. The van der Waals surface area contributed by atoms with Crippen LogP contribution in [-0.2, 0) is 21.6 Å². The smallest absolute Gasteiger partial charge is 0.302 e. The zero-order valence-electron chi connectivity index (χ0n) is 11.0. The molecule has 0 radical (unpaired) electrons. The lowest BCUT2D eigenvalue weighted by Gasteiger charge is -2.17. The molecule has 4 nitrogen and oxygen atoms in total. The summed E-state index contributed by atoms with van der Waals surface area (Å²) in [6, 6.07) is 5.54. The monoisotopic (exact) mass is 319 g/mol. The third-order valence-corrected chi connectivity index (χ3v) is 4.52. The number of likely N-dealkylation sites (tertiary alicyclic amines) is 1. The van der Waals surface area contributed by atoms with Gasteiger partial charge in [0, 0.05) is 30.5 Å². The highest BCUT2D eigenvalue weighted by molar-refractivity contribution is 7.86. The first-order valence-corrected chi connectivity index (χ1v) is 8.13. The van der Waals surface area contributed by atoms with E-state index in [1.54, 1.807) is 6.07 Å². The molecule has 0 aliphatic carbocycles. The Morgan fingerprint density at radius 3 is 2.75 bits per heavy atom. The molecule has 7 heteroatoms. The van der Waals surface area contributed by atoms with Crippen molar-refractivity contribution in [2.45, 2.75) is 19.9 Å². The molecule has 1 fully saturated rings. The van der Waals surface area contributed by atoms with Crippen molar-refractivity contribution in [3.05, 3.63) is 34.3 Å². The number of carbonyl (C=O) groups is 1. The molecule has 1 aromatic carbocycles. The Morgan fingerprint density at radius 1 is 1.45 bits per heavy atom. The molecule has 0 saturated carbocycles. The first-order valence-electron chi connectivity index (χ1n) is 6.20. The van der Waals surface area contributed by atoms with Crippen molar-refractivity contribution < 1.29 is 17.1 Å². The topological polar surface area (TPSA) is 54.5 Å². The molecular weight excluding hydrogens is 305 g/mol. The standard InChI is InChI=1S/C13H15ClFNO3S/c1-9-2-3-11(12(14)4-9)7-16-6-10(5-13(16)17)8-20(15,18)19/h2-4,10H,5-8H2,1H3. The molecular formula is C13H15ClFNO3S. The molecule has 1 aromatic rings. The maximum Gasteiger partial charge on any atom is 0.302 e. The van der Waals surface area contributed by atoms with Gasteiger partial charge in [0.25, 0.3) is 0 Å². The third-order valence-electron chi connectivity index (χ3n) is 3.30. The number of nitrogens with zero attached hydrogens (tertiary/aromatic N) is 1. The fraction of sp³-hybridized carbons (Fsp3) is 0.462. The van der Waals surface area contributed by atoms with E-state index >= 15 is 0 Å². The number of hydrogen-bond donors (Lipinski definition) is 0. The van der Waals surface area contributed by atoms with Crippen LogP contribution in [0.4, 0.5) is 3.89 Å². The van der Waals surface area contributed by atoms with Gasteiger partial charge in [-0.3, -0.25) is 4.79 Å². The Hall–Kier alpha value is -1.14. The lowest BCUT2D eigenvalue weighted by Crippen LogP contribution is -2.25. The normalized spacial score (nSPS) is 19.6. The molecule has 2 rings (SSSR count). The second-order valence-electron chi connectivity index (χ2n) is 5.14. The highest BCUT2D eigenvalue weighted by atomic mass is 35.5. The van der Waals surface area contributed by atoms with Gasteiger partial charge in [-0.1, -0.05) is 23.7 Å². The summed E-state index contributed by atoms with van der Waals surface area (Å²) in [5.41, 5.74) is 1.82. The van der Waals surface area contributed by atoms with E-state index in [0.29, 0.717) is 11.6 Å². The molecule has 1 atom stereocenters. The van der Waals surface area contributed by atoms with Gasteiger partial charge < -0.3 is 4.90 Å². The van der Waals surface area contributed by atoms with Crippen molar-refractivity contribution in [2.24, 2.45) is 5.92 Å². The number of amides is 1. The minimum absolute atomic E-state index is 0.0621. The summed E-state index contributed by atoms with van der Waals surface area (Å²) >= 11 is 6.10. The van der Waals surface area contributed by atoms with Crippen LogP contribution >= 0.6 is 11.6 Å². The fourth-order valence-corrected chi connectivity index (χ4v) is 3.47. The van der Waals surface area contributed by atoms with E-state index in [-0.39, 0.29) is 18.9 Å². The van der Waals surface area contributed by atoms with Crippen LogP contribution < -0.4 is 0 Å². The van der Waals surface area contributed by atoms with Gasteiger partial charge in [0.2, 0.25) is 5.91 Å². The maximum absolute atomic E-state index is 12.7. The molecule has 1 unspecified atom stereocenters. The van der Waals surface area contributed by atoms with Crippen molar-refractivity contribution in [3.8, 4) is 0 Å². The molecule has 20 heavy (non-hydrogen) atoms. The van der Waals surface area contributed by atoms with Crippen molar-refractivity contribution in [1.82, 2.24) is 4.90 Å². The second-order valence-corrected chi connectivity index (χ2v) is 6.96. The Labute approximate surface area is 122 Å². The molecule has 1 aliphatic heterocycles. The van der Waals surface area contributed by atoms with Gasteiger partial charge in [-0.15, -0.1) is 3.89 Å². The summed E-state index contributed by atoms with van der Waals surface area (Å²) in [7, 11) is -4.55. The summed E-state index contributed by atoms with van der Waals surface area (Å²) in [4.78, 5) is 13.3. The molecule has 1 aliphatic rings. The Bertz CT molecular complexity index is 633. The van der Waals surface area contributed by atoms with Crippen molar-refractivity contribution in [2.75, 3.05) is 12.3 Å². The van der Waals surface area contributed by atoms with Gasteiger partial charge in [0.05, 0.1) is 5.75 Å². The highest BCUT2D eigenvalue weighted by Crippen LogP contribution is 2.25. The van der Waals surface area contributed by atoms with Gasteiger partial charge in [0.1, 0.15) is 0 Å². The highest BCUT2D eigenvalue weighted by Gasteiger charge is 2.32. The predicted octanol–water partition coefficient (Wildman–Crippen LogP) is 2.30. The summed E-state index contributed by atoms with van der Waals surface area (Å²) in [6.07, 6.45) is 0.0621. The van der Waals surface area contributed by atoms with Gasteiger partial charge in [0.15, 0.2) is 0 Å². The van der Waals surface area contributed by atoms with Crippen LogP contribution in [0.15, 0.2) is 18.2 Å². The van der Waals surface area contributed by atoms with Crippen LogP contribution in [0, 0.1) is 12.8 Å². The maximum atomic E-state index is 12.7. The zero-order valence-corrected chi connectivity index (χ0v) is 12.5. The largest absolute Gasteiger partial charge is 0.338 e. The lowest BCUT2D eigenvalue weighted by molar-refractivity contribution is -0.128. The van der Waals surface area contributed by atoms with Crippen LogP contribution in [0.2, 0.25) is 5.02 Å². The number of aryl methyl sites for hydroxylation is 1. The molecule has 0 aromatic heterocycles. The van der Waals surface area contributed by atoms with E-state index in [1.807, 2.05) is 19.1 Å². The first kappa shape index (κ1) is 15.3. The summed E-state index contributed by atoms with van der Waals surface area (Å²) < 4.78 is 33.9. The molecule has 0 N–H and O–H groups in total. The molecule has 1 heterocycles. The van der Waals surface area contributed by atoms with E-state index in [4.69, 9.17) is 11.6 Å². The fourth-order valence-electron chi connectivity index (χ4n) is 2.39. The predicted molar refractivity (Wildman–Crippen MR) is 74.6 cm³/mol. The summed E-state index contributed by atoms with van der Waals surface area (Å²) in [5, 5.41) is 0.569.